The number of hydrogen-bond acceptors (Lipinski definition) is 2. The summed E-state index contributed by atoms with van der Waals surface area (Å²) >= 11 is 0. The van der Waals surface area contributed by atoms with Crippen LogP contribution in [0.15, 0.2) is 12.1 Å². The SMILES string of the molecule is Cc1cc(OCC(F)(F)F)cc(C)c1CC(=O)NC1(C)CCCCC1. The van der Waals surface area contributed by atoms with Crippen molar-refractivity contribution < 1.29 is 22.7 Å². The van der Waals surface area contributed by atoms with E-state index < -0.39 is 12.8 Å². The first kappa shape index (κ1) is 19.6. The summed E-state index contributed by atoms with van der Waals surface area (Å²) in [6.45, 7) is 4.35. The summed E-state index contributed by atoms with van der Waals surface area (Å²) in [6, 6.07) is 3.12. The smallest absolute Gasteiger partial charge is 0.422 e. The Morgan fingerprint density at radius 1 is 1.16 bits per heavy atom. The lowest BCUT2D eigenvalue weighted by Gasteiger charge is -2.34. The summed E-state index contributed by atoms with van der Waals surface area (Å²) in [5.41, 5.74) is 2.23. The molecule has 1 N–H and O–H groups in total. The number of ether oxygens (including phenoxy) is 1. The van der Waals surface area contributed by atoms with E-state index in [1.807, 2.05) is 0 Å². The van der Waals surface area contributed by atoms with Crippen molar-refractivity contribution in [3.8, 4) is 5.75 Å². The highest BCUT2D eigenvalue weighted by Gasteiger charge is 2.29. The topological polar surface area (TPSA) is 38.3 Å². The largest absolute Gasteiger partial charge is 0.484 e. The third-order valence-electron chi connectivity index (χ3n) is 4.81. The Labute approximate surface area is 146 Å². The molecule has 1 saturated carbocycles. The van der Waals surface area contributed by atoms with Gasteiger partial charge in [-0.3, -0.25) is 4.79 Å². The van der Waals surface area contributed by atoms with Crippen LogP contribution in [0.5, 0.6) is 5.75 Å². The Hall–Kier alpha value is -1.72. The lowest BCUT2D eigenvalue weighted by Crippen LogP contribution is -2.47. The molecule has 1 aromatic rings. The van der Waals surface area contributed by atoms with E-state index in [1.165, 1.54) is 6.42 Å². The zero-order valence-electron chi connectivity index (χ0n) is 15.1. The Morgan fingerprint density at radius 2 is 1.72 bits per heavy atom. The van der Waals surface area contributed by atoms with Gasteiger partial charge in [-0.15, -0.1) is 0 Å². The minimum atomic E-state index is -4.37. The maximum absolute atomic E-state index is 12.4. The molecule has 0 aromatic heterocycles. The summed E-state index contributed by atoms with van der Waals surface area (Å²) in [4.78, 5) is 12.4. The van der Waals surface area contributed by atoms with Gasteiger partial charge in [-0.05, 0) is 62.4 Å². The minimum Gasteiger partial charge on any atom is -0.484 e. The summed E-state index contributed by atoms with van der Waals surface area (Å²) in [6.07, 6.45) is 1.30. The fraction of sp³-hybridized carbons (Fsp3) is 0.632. The van der Waals surface area contributed by atoms with Gasteiger partial charge < -0.3 is 10.1 Å². The van der Waals surface area contributed by atoms with Crippen LogP contribution in [-0.2, 0) is 11.2 Å². The molecular weight excluding hydrogens is 331 g/mol. The number of amides is 1. The van der Waals surface area contributed by atoms with E-state index in [1.54, 1.807) is 26.0 Å². The van der Waals surface area contributed by atoms with Crippen LogP contribution < -0.4 is 10.1 Å². The monoisotopic (exact) mass is 357 g/mol. The number of halogens is 3. The van der Waals surface area contributed by atoms with E-state index in [2.05, 4.69) is 12.2 Å². The van der Waals surface area contributed by atoms with Crippen LogP contribution in [0.25, 0.3) is 0 Å². The zero-order chi connectivity index (χ0) is 18.7. The van der Waals surface area contributed by atoms with E-state index >= 15 is 0 Å². The van der Waals surface area contributed by atoms with Gasteiger partial charge >= 0.3 is 6.18 Å². The molecule has 1 aromatic carbocycles. The van der Waals surface area contributed by atoms with Crippen LogP contribution in [0.1, 0.15) is 55.7 Å². The molecule has 0 spiro atoms. The summed E-state index contributed by atoms with van der Waals surface area (Å²) in [5.74, 6) is 0.135. The van der Waals surface area contributed by atoms with Gasteiger partial charge in [0.25, 0.3) is 0 Å². The highest BCUT2D eigenvalue weighted by molar-refractivity contribution is 5.80. The summed E-state index contributed by atoms with van der Waals surface area (Å²) in [7, 11) is 0. The van der Waals surface area contributed by atoms with Crippen LogP contribution in [0.2, 0.25) is 0 Å². The number of benzene rings is 1. The molecule has 0 atom stereocenters. The maximum Gasteiger partial charge on any atom is 0.422 e. The minimum absolute atomic E-state index is 0.0421. The highest BCUT2D eigenvalue weighted by atomic mass is 19.4. The third-order valence-corrected chi connectivity index (χ3v) is 4.81. The molecule has 1 fully saturated rings. The van der Waals surface area contributed by atoms with Crippen molar-refractivity contribution in [2.75, 3.05) is 6.61 Å². The van der Waals surface area contributed by atoms with Gasteiger partial charge in [0.1, 0.15) is 5.75 Å². The number of carbonyl (C=O) groups excluding carboxylic acids is 1. The number of nitrogens with one attached hydrogen (secondary N) is 1. The van der Waals surface area contributed by atoms with E-state index in [0.717, 1.165) is 42.4 Å². The maximum atomic E-state index is 12.4. The van der Waals surface area contributed by atoms with Crippen LogP contribution in [0.3, 0.4) is 0 Å². The van der Waals surface area contributed by atoms with Crippen molar-refractivity contribution in [3.63, 3.8) is 0 Å². The predicted octanol–water partition coefficient (Wildman–Crippen LogP) is 4.63. The zero-order valence-corrected chi connectivity index (χ0v) is 15.1. The predicted molar refractivity (Wildman–Crippen MR) is 90.8 cm³/mol. The molecule has 0 heterocycles. The van der Waals surface area contributed by atoms with Crippen molar-refractivity contribution in [1.82, 2.24) is 5.32 Å². The highest BCUT2D eigenvalue weighted by Crippen LogP contribution is 2.28. The van der Waals surface area contributed by atoms with Crippen molar-refractivity contribution in [3.05, 3.63) is 28.8 Å². The lowest BCUT2D eigenvalue weighted by atomic mass is 9.83. The normalized spacial score (nSPS) is 17.2. The second kappa shape index (κ2) is 7.67. The third kappa shape index (κ3) is 5.94. The van der Waals surface area contributed by atoms with Crippen molar-refractivity contribution in [2.24, 2.45) is 0 Å². The van der Waals surface area contributed by atoms with E-state index in [9.17, 15) is 18.0 Å². The number of alkyl halides is 3. The van der Waals surface area contributed by atoms with Crippen molar-refractivity contribution in [2.45, 2.75) is 71.0 Å². The Bertz CT molecular complexity index is 597. The fourth-order valence-corrected chi connectivity index (χ4v) is 3.48. The van der Waals surface area contributed by atoms with E-state index in [4.69, 9.17) is 4.74 Å². The van der Waals surface area contributed by atoms with Crippen LogP contribution >= 0.6 is 0 Å². The van der Waals surface area contributed by atoms with Crippen molar-refractivity contribution >= 4 is 5.91 Å². The number of carbonyl (C=O) groups is 1. The van der Waals surface area contributed by atoms with Crippen LogP contribution in [0, 0.1) is 13.8 Å². The Balaban J connectivity index is 2.02. The van der Waals surface area contributed by atoms with Crippen molar-refractivity contribution in [1.29, 1.82) is 0 Å². The second-order valence-corrected chi connectivity index (χ2v) is 7.29. The molecule has 1 aliphatic carbocycles. The van der Waals surface area contributed by atoms with Gasteiger partial charge in [-0.2, -0.15) is 13.2 Å². The average Bonchev–Trinajstić information content (AvgIpc) is 2.48. The average molecular weight is 357 g/mol. The lowest BCUT2D eigenvalue weighted by molar-refractivity contribution is -0.153. The molecule has 0 bridgehead atoms. The van der Waals surface area contributed by atoms with Gasteiger partial charge in [0.2, 0.25) is 5.91 Å². The number of hydrogen-bond donors (Lipinski definition) is 1. The fourth-order valence-electron chi connectivity index (χ4n) is 3.48. The standard InChI is InChI=1S/C19H26F3NO2/c1-13-9-15(25-12-19(20,21)22)10-14(2)16(13)11-17(24)23-18(3)7-5-4-6-8-18/h9-10H,4-8,11-12H2,1-3H3,(H,23,24). The summed E-state index contributed by atoms with van der Waals surface area (Å²) < 4.78 is 41.6. The second-order valence-electron chi connectivity index (χ2n) is 7.29. The van der Waals surface area contributed by atoms with Gasteiger partial charge in [0, 0.05) is 5.54 Å². The first-order valence-corrected chi connectivity index (χ1v) is 8.69. The van der Waals surface area contributed by atoms with Crippen LogP contribution in [-0.4, -0.2) is 24.2 Å². The quantitative estimate of drug-likeness (QED) is 0.835. The van der Waals surface area contributed by atoms with E-state index in [-0.39, 0.29) is 23.6 Å². The van der Waals surface area contributed by atoms with Gasteiger partial charge in [-0.1, -0.05) is 19.3 Å². The van der Waals surface area contributed by atoms with E-state index in [0.29, 0.717) is 0 Å². The molecular formula is C19H26F3NO2. The molecule has 0 aliphatic heterocycles. The number of rotatable bonds is 5. The van der Waals surface area contributed by atoms with Crippen LogP contribution in [0.4, 0.5) is 13.2 Å². The Morgan fingerprint density at radius 3 is 2.24 bits per heavy atom. The Kier molecular flexibility index (Phi) is 6.01. The molecule has 2 rings (SSSR count). The van der Waals surface area contributed by atoms with Gasteiger partial charge in [0.05, 0.1) is 6.42 Å². The first-order valence-electron chi connectivity index (χ1n) is 8.69. The molecule has 0 saturated heterocycles. The molecule has 0 radical (unpaired) electrons. The molecule has 0 unspecified atom stereocenters. The van der Waals surface area contributed by atoms with Gasteiger partial charge in [0.15, 0.2) is 6.61 Å². The molecule has 1 aliphatic rings. The van der Waals surface area contributed by atoms with Gasteiger partial charge in [-0.25, -0.2) is 0 Å². The number of aryl methyl sites for hydroxylation is 2. The first-order chi connectivity index (χ1) is 11.6. The molecule has 140 valence electrons. The molecule has 1 amide bonds. The molecule has 6 heteroatoms. The summed E-state index contributed by atoms with van der Waals surface area (Å²) in [5, 5.41) is 3.14. The molecule has 25 heavy (non-hydrogen) atoms. The molecule has 3 nitrogen and oxygen atoms in total.